The number of rotatable bonds is 3. The van der Waals surface area contributed by atoms with Gasteiger partial charge in [-0.1, -0.05) is 35.3 Å². The minimum absolute atomic E-state index is 0.515. The zero-order valence-corrected chi connectivity index (χ0v) is 10.6. The van der Waals surface area contributed by atoms with Gasteiger partial charge in [0.1, 0.15) is 15.4 Å². The third-order valence-electron chi connectivity index (χ3n) is 2.12. The maximum absolute atomic E-state index is 9.91. The fraction of sp³-hybridized carbons (Fsp3) is 0.182. The molecule has 1 N–H and O–H groups in total. The molecule has 0 saturated carbocycles. The van der Waals surface area contributed by atoms with E-state index in [0.717, 1.165) is 5.56 Å². The summed E-state index contributed by atoms with van der Waals surface area (Å²) in [4.78, 5) is 4.04. The lowest BCUT2D eigenvalue weighted by Crippen LogP contribution is -2.00. The summed E-state index contributed by atoms with van der Waals surface area (Å²) >= 11 is 12.8. The Hall–Kier alpha value is -0.610. The molecule has 0 bridgehead atoms. The van der Waals surface area contributed by atoms with Gasteiger partial charge in [0.15, 0.2) is 0 Å². The Kier molecular flexibility index (Phi) is 3.82. The van der Waals surface area contributed by atoms with Crippen LogP contribution in [0, 0.1) is 0 Å². The first-order valence-corrected chi connectivity index (χ1v) is 6.26. The van der Waals surface area contributed by atoms with Crippen LogP contribution in [0.4, 0.5) is 0 Å². The van der Waals surface area contributed by atoms with Crippen LogP contribution in [0.1, 0.15) is 16.7 Å². The number of aromatic nitrogens is 1. The van der Waals surface area contributed by atoms with Crippen molar-refractivity contribution in [3.05, 3.63) is 50.4 Å². The quantitative estimate of drug-likeness (QED) is 0.925. The molecule has 1 aromatic heterocycles. The largest absolute Gasteiger partial charge is 0.386 e. The van der Waals surface area contributed by atoms with E-state index in [1.165, 1.54) is 11.3 Å². The van der Waals surface area contributed by atoms with E-state index in [0.29, 0.717) is 20.8 Å². The maximum atomic E-state index is 9.91. The first-order chi connectivity index (χ1) is 7.65. The van der Waals surface area contributed by atoms with Crippen LogP contribution in [0.15, 0.2) is 30.5 Å². The molecule has 0 fully saturated rings. The van der Waals surface area contributed by atoms with Gasteiger partial charge in [0, 0.05) is 11.4 Å². The molecule has 1 unspecified atom stereocenters. The third-order valence-corrected chi connectivity index (χ3v) is 3.59. The number of aliphatic hydroxyl groups is 1. The lowest BCUT2D eigenvalue weighted by Gasteiger charge is -2.07. The SMILES string of the molecule is OC(Cc1ccc(Cl)cc1)c1ncc(Cl)s1. The molecule has 84 valence electrons. The Morgan fingerprint density at radius 3 is 2.50 bits per heavy atom. The van der Waals surface area contributed by atoms with Crippen molar-refractivity contribution in [2.45, 2.75) is 12.5 Å². The lowest BCUT2D eigenvalue weighted by molar-refractivity contribution is 0.178. The molecule has 16 heavy (non-hydrogen) atoms. The molecule has 0 spiro atoms. The predicted molar refractivity (Wildman–Crippen MR) is 67.2 cm³/mol. The second-order valence-electron chi connectivity index (χ2n) is 3.35. The van der Waals surface area contributed by atoms with Crippen molar-refractivity contribution >= 4 is 34.5 Å². The Morgan fingerprint density at radius 2 is 1.94 bits per heavy atom. The number of nitrogens with zero attached hydrogens (tertiary/aromatic N) is 1. The van der Waals surface area contributed by atoms with Crippen molar-refractivity contribution < 1.29 is 5.11 Å². The second kappa shape index (κ2) is 5.15. The zero-order chi connectivity index (χ0) is 11.5. The van der Waals surface area contributed by atoms with Gasteiger partial charge in [0.05, 0.1) is 6.20 Å². The summed E-state index contributed by atoms with van der Waals surface area (Å²) < 4.78 is 0.588. The standard InChI is InChI=1S/C11H9Cl2NOS/c12-8-3-1-7(2-4-8)5-9(15)11-14-6-10(13)16-11/h1-4,6,9,15H,5H2. The Morgan fingerprint density at radius 1 is 1.25 bits per heavy atom. The van der Waals surface area contributed by atoms with Crippen molar-refractivity contribution in [1.29, 1.82) is 0 Å². The van der Waals surface area contributed by atoms with Crippen molar-refractivity contribution in [1.82, 2.24) is 4.98 Å². The average Bonchev–Trinajstić information content (AvgIpc) is 2.68. The van der Waals surface area contributed by atoms with Gasteiger partial charge in [-0.05, 0) is 17.7 Å². The number of hydrogen-bond donors (Lipinski definition) is 1. The number of thiazole rings is 1. The molecule has 2 aromatic rings. The zero-order valence-electron chi connectivity index (χ0n) is 8.23. The van der Waals surface area contributed by atoms with Crippen molar-refractivity contribution in [3.8, 4) is 0 Å². The normalized spacial score (nSPS) is 12.7. The monoisotopic (exact) mass is 273 g/mol. The summed E-state index contributed by atoms with van der Waals surface area (Å²) in [6.45, 7) is 0. The van der Waals surface area contributed by atoms with Gasteiger partial charge in [0.2, 0.25) is 0 Å². The highest BCUT2D eigenvalue weighted by Crippen LogP contribution is 2.26. The molecule has 1 atom stereocenters. The van der Waals surface area contributed by atoms with Crippen molar-refractivity contribution in [2.75, 3.05) is 0 Å². The molecular formula is C11H9Cl2NOS. The van der Waals surface area contributed by atoms with Crippen molar-refractivity contribution in [2.24, 2.45) is 0 Å². The summed E-state index contributed by atoms with van der Waals surface area (Å²) in [7, 11) is 0. The highest BCUT2D eigenvalue weighted by atomic mass is 35.5. The number of aliphatic hydroxyl groups excluding tert-OH is 1. The van der Waals surface area contributed by atoms with E-state index in [9.17, 15) is 5.11 Å². The highest BCUT2D eigenvalue weighted by Gasteiger charge is 2.12. The Labute approximate surface area is 107 Å². The average molecular weight is 274 g/mol. The minimum atomic E-state index is -0.612. The molecule has 0 aliphatic rings. The van der Waals surface area contributed by atoms with Gasteiger partial charge in [0.25, 0.3) is 0 Å². The van der Waals surface area contributed by atoms with Crippen LogP contribution >= 0.6 is 34.5 Å². The molecule has 0 aliphatic carbocycles. The first-order valence-electron chi connectivity index (χ1n) is 4.69. The van der Waals surface area contributed by atoms with Gasteiger partial charge in [-0.15, -0.1) is 11.3 Å². The molecule has 2 rings (SSSR count). The van der Waals surface area contributed by atoms with Crippen LogP contribution in [0.2, 0.25) is 9.36 Å². The van der Waals surface area contributed by atoms with Crippen molar-refractivity contribution in [3.63, 3.8) is 0 Å². The van der Waals surface area contributed by atoms with E-state index in [2.05, 4.69) is 4.98 Å². The Bertz CT molecular complexity index is 469. The fourth-order valence-electron chi connectivity index (χ4n) is 1.35. The third kappa shape index (κ3) is 2.95. The second-order valence-corrected chi connectivity index (χ2v) is 5.48. The summed E-state index contributed by atoms with van der Waals surface area (Å²) in [5.41, 5.74) is 1.02. The van der Waals surface area contributed by atoms with Crippen LogP contribution < -0.4 is 0 Å². The predicted octanol–water partition coefficient (Wildman–Crippen LogP) is 3.73. The molecule has 5 heteroatoms. The molecule has 0 amide bonds. The van der Waals surface area contributed by atoms with E-state index in [1.807, 2.05) is 12.1 Å². The van der Waals surface area contributed by atoms with Crippen LogP contribution in [-0.4, -0.2) is 10.1 Å². The van der Waals surface area contributed by atoms with Gasteiger partial charge < -0.3 is 5.11 Å². The van der Waals surface area contributed by atoms with Gasteiger partial charge in [-0.25, -0.2) is 4.98 Å². The summed E-state index contributed by atoms with van der Waals surface area (Å²) in [5.74, 6) is 0. The topological polar surface area (TPSA) is 33.1 Å². The fourth-order valence-corrected chi connectivity index (χ4v) is 2.39. The number of benzene rings is 1. The summed E-state index contributed by atoms with van der Waals surface area (Å²) in [5, 5.41) is 11.2. The lowest BCUT2D eigenvalue weighted by atomic mass is 10.1. The van der Waals surface area contributed by atoms with E-state index in [1.54, 1.807) is 18.3 Å². The smallest absolute Gasteiger partial charge is 0.123 e. The highest BCUT2D eigenvalue weighted by molar-refractivity contribution is 7.15. The molecule has 1 aromatic carbocycles. The Balaban J connectivity index is 2.07. The summed E-state index contributed by atoms with van der Waals surface area (Å²) in [6, 6.07) is 7.39. The van der Waals surface area contributed by atoms with E-state index >= 15 is 0 Å². The number of halogens is 2. The van der Waals surface area contributed by atoms with Gasteiger partial charge in [-0.2, -0.15) is 0 Å². The minimum Gasteiger partial charge on any atom is -0.386 e. The van der Waals surface area contributed by atoms with Crippen LogP contribution in [0.5, 0.6) is 0 Å². The molecular weight excluding hydrogens is 265 g/mol. The van der Waals surface area contributed by atoms with E-state index in [-0.39, 0.29) is 0 Å². The van der Waals surface area contributed by atoms with Crippen LogP contribution in [0.25, 0.3) is 0 Å². The van der Waals surface area contributed by atoms with Crippen LogP contribution in [0.3, 0.4) is 0 Å². The number of hydrogen-bond acceptors (Lipinski definition) is 3. The van der Waals surface area contributed by atoms with E-state index < -0.39 is 6.10 Å². The van der Waals surface area contributed by atoms with Gasteiger partial charge >= 0.3 is 0 Å². The molecule has 0 radical (unpaired) electrons. The van der Waals surface area contributed by atoms with Gasteiger partial charge in [-0.3, -0.25) is 0 Å². The maximum Gasteiger partial charge on any atom is 0.123 e. The van der Waals surface area contributed by atoms with Crippen LogP contribution in [-0.2, 0) is 6.42 Å². The summed E-state index contributed by atoms with van der Waals surface area (Å²) in [6.07, 6.45) is 1.45. The van der Waals surface area contributed by atoms with E-state index in [4.69, 9.17) is 23.2 Å². The molecule has 0 saturated heterocycles. The molecule has 0 aliphatic heterocycles. The first kappa shape index (κ1) is 11.9. The molecule has 2 nitrogen and oxygen atoms in total. The molecule has 1 heterocycles.